The lowest BCUT2D eigenvalue weighted by molar-refractivity contribution is 0.297. The van der Waals surface area contributed by atoms with E-state index in [-0.39, 0.29) is 18.2 Å². The Morgan fingerprint density at radius 3 is 2.55 bits per heavy atom. The molecule has 31 heavy (non-hydrogen) atoms. The number of rotatable bonds is 5. The van der Waals surface area contributed by atoms with Crippen LogP contribution in [0.3, 0.4) is 0 Å². The predicted octanol–water partition coefficient (Wildman–Crippen LogP) is 5.70. The van der Waals surface area contributed by atoms with E-state index in [2.05, 4.69) is 11.1 Å². The van der Waals surface area contributed by atoms with Crippen molar-refractivity contribution in [1.29, 1.82) is 0 Å². The van der Waals surface area contributed by atoms with Gasteiger partial charge in [0, 0.05) is 17.2 Å². The zero-order valence-corrected chi connectivity index (χ0v) is 16.4. The first-order valence-electron chi connectivity index (χ1n) is 9.74. The fourth-order valence-corrected chi connectivity index (χ4v) is 3.33. The molecule has 5 rings (SSSR count). The van der Waals surface area contributed by atoms with Crippen LogP contribution in [0.2, 0.25) is 0 Å². The van der Waals surface area contributed by atoms with Crippen molar-refractivity contribution in [1.82, 2.24) is 4.98 Å². The molecule has 0 unspecified atom stereocenters. The van der Waals surface area contributed by atoms with Gasteiger partial charge in [-0.15, -0.1) is 0 Å². The summed E-state index contributed by atoms with van der Waals surface area (Å²) in [7, 11) is 0. The van der Waals surface area contributed by atoms with Crippen molar-refractivity contribution in [2.24, 2.45) is 0 Å². The third kappa shape index (κ3) is 4.14. The predicted molar refractivity (Wildman–Crippen MR) is 114 cm³/mol. The number of nitrogens with zero attached hydrogens (tertiary/aromatic N) is 1. The Morgan fingerprint density at radius 2 is 1.74 bits per heavy atom. The Kier molecular flexibility index (Phi) is 4.88. The van der Waals surface area contributed by atoms with Crippen molar-refractivity contribution in [3.8, 4) is 28.7 Å². The summed E-state index contributed by atoms with van der Waals surface area (Å²) in [5.41, 5.74) is 4.34. The van der Waals surface area contributed by atoms with Gasteiger partial charge in [0.15, 0.2) is 0 Å². The molecule has 4 aromatic rings. The van der Waals surface area contributed by atoms with Gasteiger partial charge < -0.3 is 19.0 Å². The average molecular weight is 415 g/mol. The SMILES string of the molecule is Oc1ccc(C2=Cc3ccc(OCc4coc(-c5ccc(F)cc5)n4)cc3OC2)cc1. The van der Waals surface area contributed by atoms with Gasteiger partial charge in [0.2, 0.25) is 5.89 Å². The summed E-state index contributed by atoms with van der Waals surface area (Å²) in [6.07, 6.45) is 3.60. The number of aromatic hydroxyl groups is 1. The van der Waals surface area contributed by atoms with Crippen LogP contribution in [0.5, 0.6) is 17.2 Å². The summed E-state index contributed by atoms with van der Waals surface area (Å²) in [5.74, 6) is 1.75. The Labute approximate surface area is 178 Å². The van der Waals surface area contributed by atoms with Gasteiger partial charge in [-0.3, -0.25) is 0 Å². The topological polar surface area (TPSA) is 64.7 Å². The van der Waals surface area contributed by atoms with Crippen LogP contribution in [0.25, 0.3) is 23.1 Å². The third-order valence-electron chi connectivity index (χ3n) is 4.97. The second-order valence-electron chi connectivity index (χ2n) is 7.14. The molecule has 6 heteroatoms. The van der Waals surface area contributed by atoms with Gasteiger partial charge in [-0.05, 0) is 65.7 Å². The quantitative estimate of drug-likeness (QED) is 0.453. The van der Waals surface area contributed by atoms with E-state index in [4.69, 9.17) is 13.9 Å². The van der Waals surface area contributed by atoms with E-state index in [0.717, 1.165) is 22.4 Å². The smallest absolute Gasteiger partial charge is 0.226 e. The van der Waals surface area contributed by atoms with Crippen LogP contribution in [0, 0.1) is 5.82 Å². The van der Waals surface area contributed by atoms with Crippen molar-refractivity contribution >= 4 is 11.6 Å². The fraction of sp³-hybridized carbons (Fsp3) is 0.0800. The molecule has 0 fully saturated rings. The minimum absolute atomic E-state index is 0.234. The van der Waals surface area contributed by atoms with Crippen LogP contribution in [0.15, 0.2) is 77.4 Å². The van der Waals surface area contributed by atoms with Gasteiger partial charge in [0.25, 0.3) is 0 Å². The summed E-state index contributed by atoms with van der Waals surface area (Å²) in [4.78, 5) is 4.39. The van der Waals surface area contributed by atoms with Gasteiger partial charge in [-0.1, -0.05) is 12.1 Å². The molecule has 0 aliphatic carbocycles. The van der Waals surface area contributed by atoms with Crippen LogP contribution in [0.1, 0.15) is 16.8 Å². The second-order valence-corrected chi connectivity index (χ2v) is 7.14. The maximum atomic E-state index is 13.1. The van der Waals surface area contributed by atoms with Crippen LogP contribution in [0.4, 0.5) is 4.39 Å². The maximum Gasteiger partial charge on any atom is 0.226 e. The summed E-state index contributed by atoms with van der Waals surface area (Å²) >= 11 is 0. The highest BCUT2D eigenvalue weighted by Gasteiger charge is 2.14. The highest BCUT2D eigenvalue weighted by atomic mass is 19.1. The Hall–Kier alpha value is -4.06. The lowest BCUT2D eigenvalue weighted by atomic mass is 10.0. The van der Waals surface area contributed by atoms with Crippen molar-refractivity contribution in [3.05, 3.63) is 95.6 Å². The normalized spacial score (nSPS) is 12.6. The molecule has 2 heterocycles. The molecule has 5 nitrogen and oxygen atoms in total. The summed E-state index contributed by atoms with van der Waals surface area (Å²) in [6, 6.07) is 18.7. The monoisotopic (exact) mass is 415 g/mol. The number of fused-ring (bicyclic) bond motifs is 1. The van der Waals surface area contributed by atoms with Crippen molar-refractivity contribution in [2.45, 2.75) is 6.61 Å². The lowest BCUT2D eigenvalue weighted by Crippen LogP contribution is -2.07. The van der Waals surface area contributed by atoms with E-state index < -0.39 is 0 Å². The Morgan fingerprint density at radius 1 is 0.968 bits per heavy atom. The minimum atomic E-state index is -0.307. The first kappa shape index (κ1) is 18.9. The molecule has 0 bridgehead atoms. The van der Waals surface area contributed by atoms with Gasteiger partial charge >= 0.3 is 0 Å². The number of hydrogen-bond acceptors (Lipinski definition) is 5. The molecule has 0 saturated heterocycles. The molecular weight excluding hydrogens is 397 g/mol. The maximum absolute atomic E-state index is 13.1. The molecule has 0 atom stereocenters. The molecule has 1 aromatic heterocycles. The molecule has 154 valence electrons. The number of ether oxygens (including phenoxy) is 2. The molecule has 0 radical (unpaired) electrons. The third-order valence-corrected chi connectivity index (χ3v) is 4.97. The molecule has 1 aliphatic heterocycles. The number of oxazole rings is 1. The summed E-state index contributed by atoms with van der Waals surface area (Å²) in [5, 5.41) is 9.46. The number of benzene rings is 3. The number of phenols is 1. The van der Waals surface area contributed by atoms with E-state index in [0.29, 0.717) is 29.5 Å². The highest BCUT2D eigenvalue weighted by Crippen LogP contribution is 2.34. The van der Waals surface area contributed by atoms with Gasteiger partial charge in [-0.2, -0.15) is 0 Å². The van der Waals surface area contributed by atoms with Crippen molar-refractivity contribution in [2.75, 3.05) is 6.61 Å². The Bertz CT molecular complexity index is 1240. The van der Waals surface area contributed by atoms with Crippen LogP contribution < -0.4 is 9.47 Å². The first-order valence-corrected chi connectivity index (χ1v) is 9.74. The molecule has 0 spiro atoms. The zero-order valence-electron chi connectivity index (χ0n) is 16.4. The molecule has 0 amide bonds. The van der Waals surface area contributed by atoms with E-state index >= 15 is 0 Å². The highest BCUT2D eigenvalue weighted by molar-refractivity contribution is 5.85. The summed E-state index contributed by atoms with van der Waals surface area (Å²) in [6.45, 7) is 0.670. The van der Waals surface area contributed by atoms with E-state index in [1.165, 1.54) is 18.4 Å². The lowest BCUT2D eigenvalue weighted by Gasteiger charge is -2.19. The first-order chi connectivity index (χ1) is 15.1. The van der Waals surface area contributed by atoms with Crippen molar-refractivity contribution in [3.63, 3.8) is 0 Å². The Balaban J connectivity index is 1.27. The van der Waals surface area contributed by atoms with E-state index in [1.807, 2.05) is 30.3 Å². The zero-order chi connectivity index (χ0) is 21.2. The van der Waals surface area contributed by atoms with Gasteiger partial charge in [0.1, 0.15) is 48.2 Å². The molecule has 1 N–H and O–H groups in total. The number of phenolic OH excluding ortho intramolecular Hbond substituents is 1. The van der Waals surface area contributed by atoms with Gasteiger partial charge in [-0.25, -0.2) is 9.37 Å². The summed E-state index contributed by atoms with van der Waals surface area (Å²) < 4.78 is 30.3. The second kappa shape index (κ2) is 7.99. The molecule has 1 aliphatic rings. The number of aromatic nitrogens is 1. The number of halogens is 1. The average Bonchev–Trinajstić information content (AvgIpc) is 3.27. The minimum Gasteiger partial charge on any atom is -0.508 e. The molecule has 3 aromatic carbocycles. The number of hydrogen-bond donors (Lipinski definition) is 1. The van der Waals surface area contributed by atoms with E-state index in [9.17, 15) is 9.50 Å². The molecule has 0 saturated carbocycles. The molecular formula is C25H18FNO4. The van der Waals surface area contributed by atoms with Crippen LogP contribution in [-0.2, 0) is 6.61 Å². The van der Waals surface area contributed by atoms with E-state index in [1.54, 1.807) is 24.3 Å². The van der Waals surface area contributed by atoms with Crippen molar-refractivity contribution < 1.29 is 23.4 Å². The fourth-order valence-electron chi connectivity index (χ4n) is 3.33. The van der Waals surface area contributed by atoms with Crippen LogP contribution in [-0.4, -0.2) is 16.7 Å². The standard InChI is InChI=1S/C25H18FNO4/c26-20-6-1-17(2-7-20)25-27-21(15-31-25)14-29-23-10-5-18-11-19(13-30-24(18)12-23)16-3-8-22(28)9-4-16/h1-12,15,28H,13-14H2. The van der Waals surface area contributed by atoms with Gasteiger partial charge in [0.05, 0.1) is 0 Å². The van der Waals surface area contributed by atoms with Crippen LogP contribution >= 0.6 is 0 Å². The largest absolute Gasteiger partial charge is 0.508 e.